The fourth-order valence-electron chi connectivity index (χ4n) is 16.0. The van der Waals surface area contributed by atoms with Gasteiger partial charge in [0, 0.05) is 91.6 Å². The lowest BCUT2D eigenvalue weighted by Gasteiger charge is -2.22. The van der Waals surface area contributed by atoms with Gasteiger partial charge in [0.25, 0.3) is 0 Å². The number of hydrogen-bond acceptors (Lipinski definition) is 12. The number of phenols is 4. The van der Waals surface area contributed by atoms with Gasteiger partial charge in [-0.2, -0.15) is 0 Å². The smallest absolute Gasteiger partial charge is 0.231 e. The summed E-state index contributed by atoms with van der Waals surface area (Å²) in [5, 5.41) is 57.0. The Kier molecular flexibility index (Phi) is 17.0. The number of fused-ring (bicyclic) bond motifs is 4. The van der Waals surface area contributed by atoms with Gasteiger partial charge in [-0.25, -0.2) is 0 Å². The monoisotopic (exact) mass is 1430 g/mol. The highest BCUT2D eigenvalue weighted by Crippen LogP contribution is 2.57. The SMILES string of the molecule is Oc1cc2ccc1C=N[C@@H](c1ccccc1)[C@H](c1ccccc1)N=Cc1ccc(cc1O)-c1cc3ccccc3c3c1OCOc1c(cc4ccccc4c1-3)-c1ccc(c(O)c1)C=N[C@@H](c1ccccc1)[C@H](c1ccccc1)N=Cc1ccc(cc1O)-c1cc3ccccc3c3c1OCOc1c-2cc2ccccc2c1-3. The average Bonchev–Trinajstić information content (AvgIpc) is 1.28. The average molecular weight is 1430 g/mol. The molecule has 110 heavy (non-hydrogen) atoms. The molecule has 28 rings (SSSR count). The maximum atomic E-state index is 12.4. The van der Waals surface area contributed by atoms with E-state index in [1.54, 1.807) is 49.1 Å². The van der Waals surface area contributed by atoms with Gasteiger partial charge in [0.2, 0.25) is 13.6 Å². The third kappa shape index (κ3) is 12.1. The number of rotatable bonds is 4. The second-order valence-corrected chi connectivity index (χ2v) is 27.8. The maximum absolute atomic E-state index is 12.4. The Morgan fingerprint density at radius 1 is 0.227 bits per heavy atom. The van der Waals surface area contributed by atoms with Crippen LogP contribution in [0.3, 0.4) is 0 Å². The van der Waals surface area contributed by atoms with Crippen LogP contribution < -0.4 is 18.9 Å². The van der Waals surface area contributed by atoms with Crippen molar-refractivity contribution in [3.8, 4) is 113 Å². The van der Waals surface area contributed by atoms with Crippen LogP contribution in [0, 0.1) is 0 Å². The molecule has 12 heterocycles. The number of aliphatic imine (C=N–C) groups is 4. The topological polar surface area (TPSA) is 167 Å². The van der Waals surface area contributed by atoms with Crippen LogP contribution in [-0.4, -0.2) is 58.9 Å². The van der Waals surface area contributed by atoms with E-state index in [1.165, 1.54) is 0 Å². The highest BCUT2D eigenvalue weighted by atomic mass is 16.7. The Morgan fingerprint density at radius 2 is 0.436 bits per heavy atom. The molecule has 0 fully saturated rings. The van der Waals surface area contributed by atoms with Crippen LogP contribution in [0.2, 0.25) is 0 Å². The Morgan fingerprint density at radius 3 is 0.655 bits per heavy atom. The Hall–Kier alpha value is -14.4. The number of ether oxygens (including phenoxy) is 4. The summed E-state index contributed by atoms with van der Waals surface area (Å²) in [5.41, 5.74) is 14.5. The maximum Gasteiger partial charge on any atom is 0.231 e. The van der Waals surface area contributed by atoms with E-state index in [0.29, 0.717) is 67.5 Å². The van der Waals surface area contributed by atoms with Gasteiger partial charge in [0.1, 0.15) is 70.2 Å². The first-order valence-electron chi connectivity index (χ1n) is 36.6. The van der Waals surface area contributed by atoms with Crippen molar-refractivity contribution >= 4 is 67.9 Å². The van der Waals surface area contributed by atoms with Gasteiger partial charge in [-0.1, -0.05) is 243 Å². The third-order valence-corrected chi connectivity index (χ3v) is 21.3. The fraction of sp³-hybridized carbons (Fsp3) is 0.0612. The van der Waals surface area contributed by atoms with E-state index in [1.807, 2.05) is 218 Å². The van der Waals surface area contributed by atoms with Gasteiger partial charge in [-0.3, -0.25) is 20.0 Å². The predicted octanol–water partition coefficient (Wildman–Crippen LogP) is 22.9. The first kappa shape index (κ1) is 66.3. The summed E-state index contributed by atoms with van der Waals surface area (Å²) in [6, 6.07) is 101. The number of benzene rings is 16. The summed E-state index contributed by atoms with van der Waals surface area (Å²) >= 11 is 0. The van der Waals surface area contributed by atoms with E-state index in [4.69, 9.17) is 38.9 Å². The second-order valence-electron chi connectivity index (χ2n) is 27.8. The molecule has 16 aromatic rings. The van der Waals surface area contributed by atoms with Crippen molar-refractivity contribution in [2.24, 2.45) is 20.0 Å². The van der Waals surface area contributed by atoms with Gasteiger partial charge < -0.3 is 39.4 Å². The minimum atomic E-state index is -0.608. The molecule has 0 aromatic heterocycles. The van der Waals surface area contributed by atoms with Crippen molar-refractivity contribution in [1.82, 2.24) is 0 Å². The molecule has 12 aliphatic rings. The van der Waals surface area contributed by atoms with E-state index in [0.717, 1.165) is 110 Å². The molecule has 12 heteroatoms. The van der Waals surface area contributed by atoms with Crippen molar-refractivity contribution in [3.63, 3.8) is 0 Å². The zero-order valence-corrected chi connectivity index (χ0v) is 59.3. The van der Waals surface area contributed by atoms with E-state index in [-0.39, 0.29) is 36.6 Å². The normalized spacial score (nSPS) is 15.9. The zero-order chi connectivity index (χ0) is 73.8. The predicted molar refractivity (Wildman–Crippen MR) is 442 cm³/mol. The molecule has 4 N–H and O–H groups in total. The third-order valence-electron chi connectivity index (χ3n) is 21.3. The first-order valence-corrected chi connectivity index (χ1v) is 36.6. The Balaban J connectivity index is 0.801. The summed E-state index contributed by atoms with van der Waals surface area (Å²) in [6.07, 6.45) is 6.84. The van der Waals surface area contributed by atoms with Crippen molar-refractivity contribution < 1.29 is 39.4 Å². The van der Waals surface area contributed by atoms with E-state index in [9.17, 15) is 20.4 Å². The standard InChI is InChI=1S/C98H68N4O8/c103-83-49-67-37-41-71(83)53-99-91(59-21-5-1-6-22-59)92(60-23-7-2-8-24-60)100-54-72-42-38-68(50-84(72)104)80-46-64-30-14-18-34-76(64)89-90-78-36-20-16-32-66(78)48-82(98(90)110-58-108-96(80)89)70-40-44-74(86(106)52-70)56-102-94(62-27-11-4-12-28-62)93(61-25-9-3-10-26-61)101-55-73-43-39-69(51-85(73)105)81-47-65-31-15-19-35-77(65)88-87-75-33-17-13-29-63(75)45-79(67)95(87)107-57-109-97(81)88/h1-56,91-94,103-106H,57-58H2/t91-,92-,93-,94-/m0/s1. The zero-order valence-electron chi connectivity index (χ0n) is 59.3. The lowest BCUT2D eigenvalue weighted by Crippen LogP contribution is -2.09. The summed E-state index contributed by atoms with van der Waals surface area (Å²) in [4.78, 5) is 21.3. The number of phenolic OH excluding ortho intramolecular Hbond substituents is 4. The Labute approximate surface area is 634 Å². The summed E-state index contributed by atoms with van der Waals surface area (Å²) < 4.78 is 27.4. The molecule has 0 unspecified atom stereocenters. The van der Waals surface area contributed by atoms with Crippen molar-refractivity contribution in [2.45, 2.75) is 24.2 Å². The summed E-state index contributed by atoms with van der Waals surface area (Å²) in [6.45, 7) is -0.300. The summed E-state index contributed by atoms with van der Waals surface area (Å²) in [5.74, 6) is 2.31. The van der Waals surface area contributed by atoms with Crippen LogP contribution in [0.25, 0.3) is 110 Å². The van der Waals surface area contributed by atoms with Gasteiger partial charge in [0.15, 0.2) is 0 Å². The number of nitrogens with zero attached hydrogens (tertiary/aromatic N) is 4. The van der Waals surface area contributed by atoms with Crippen molar-refractivity contribution in [1.29, 1.82) is 0 Å². The van der Waals surface area contributed by atoms with Crippen LogP contribution in [0.1, 0.15) is 68.7 Å². The minimum Gasteiger partial charge on any atom is -0.507 e. The van der Waals surface area contributed by atoms with Gasteiger partial charge in [0.05, 0.1) is 0 Å². The first-order chi connectivity index (χ1) is 54.2. The quantitative estimate of drug-likeness (QED) is 0.135. The van der Waals surface area contributed by atoms with Crippen molar-refractivity contribution in [2.75, 3.05) is 13.6 Å². The van der Waals surface area contributed by atoms with E-state index in [2.05, 4.69) is 72.8 Å². The molecule has 0 saturated heterocycles. The molecule has 0 amide bonds. The van der Waals surface area contributed by atoms with Gasteiger partial charge >= 0.3 is 0 Å². The molecule has 12 nitrogen and oxygen atoms in total. The molecule has 0 saturated carbocycles. The molecule has 0 radical (unpaired) electrons. The molecular weight excluding hydrogens is 1360 g/mol. The lowest BCUT2D eigenvalue weighted by molar-refractivity contribution is 0.126. The molecule has 0 spiro atoms. The van der Waals surface area contributed by atoms with Crippen molar-refractivity contribution in [3.05, 3.63) is 360 Å². The van der Waals surface area contributed by atoms with Crippen LogP contribution in [0.4, 0.5) is 0 Å². The van der Waals surface area contributed by atoms with Crippen LogP contribution >= 0.6 is 0 Å². The molecule has 20 bridgehead atoms. The fourth-order valence-corrected chi connectivity index (χ4v) is 16.0. The van der Waals surface area contributed by atoms with E-state index >= 15 is 0 Å². The van der Waals surface area contributed by atoms with Crippen LogP contribution in [0.5, 0.6) is 46.0 Å². The lowest BCUT2D eigenvalue weighted by atomic mass is 9.86. The molecule has 12 aliphatic heterocycles. The molecule has 528 valence electrons. The van der Waals surface area contributed by atoms with Crippen LogP contribution in [-0.2, 0) is 0 Å². The number of aromatic hydroxyl groups is 4. The van der Waals surface area contributed by atoms with E-state index < -0.39 is 24.2 Å². The molecule has 4 atom stereocenters. The minimum absolute atomic E-state index is 0.000582. The molecular formula is C98H68N4O8. The van der Waals surface area contributed by atoms with Crippen LogP contribution in [0.15, 0.2) is 335 Å². The molecule has 16 aromatic carbocycles. The summed E-state index contributed by atoms with van der Waals surface area (Å²) in [7, 11) is 0. The number of hydrogen-bond donors (Lipinski definition) is 4. The highest BCUT2D eigenvalue weighted by molar-refractivity contribution is 6.16. The van der Waals surface area contributed by atoms with Gasteiger partial charge in [-0.15, -0.1) is 0 Å². The highest BCUT2D eigenvalue weighted by Gasteiger charge is 2.33. The molecule has 0 aliphatic carbocycles. The van der Waals surface area contributed by atoms with Gasteiger partial charge in [-0.05, 0) is 160 Å². The second kappa shape index (κ2) is 28.2. The Bertz CT molecular complexity index is 5660. The largest absolute Gasteiger partial charge is 0.507 e.